The maximum atomic E-state index is 5.83. The van der Waals surface area contributed by atoms with Crippen LogP contribution in [0.15, 0.2) is 12.7 Å². The smallest absolute Gasteiger partial charge is 0.0168 e. The molecule has 0 aromatic carbocycles. The van der Waals surface area contributed by atoms with Gasteiger partial charge < -0.3 is 10.6 Å². The zero-order chi connectivity index (χ0) is 8.10. The molecule has 0 amide bonds. The number of nitrogens with zero attached hydrogens (tertiary/aromatic N) is 1. The van der Waals surface area contributed by atoms with Gasteiger partial charge in [0.05, 0.1) is 0 Å². The van der Waals surface area contributed by atoms with Gasteiger partial charge in [0.1, 0.15) is 0 Å². The van der Waals surface area contributed by atoms with Crippen molar-refractivity contribution in [3.05, 3.63) is 12.7 Å². The van der Waals surface area contributed by atoms with E-state index >= 15 is 0 Å². The van der Waals surface area contributed by atoms with Gasteiger partial charge in [-0.15, -0.1) is 6.58 Å². The summed E-state index contributed by atoms with van der Waals surface area (Å²) in [6, 6.07) is 0.411. The lowest BCUT2D eigenvalue weighted by molar-refractivity contribution is 0.212. The Morgan fingerprint density at radius 2 is 2.45 bits per heavy atom. The van der Waals surface area contributed by atoms with Crippen LogP contribution < -0.4 is 5.73 Å². The first-order valence-corrected chi connectivity index (χ1v) is 4.42. The number of hydrogen-bond donors (Lipinski definition) is 1. The molecule has 1 rings (SSSR count). The first-order chi connectivity index (χ1) is 5.33. The Kier molecular flexibility index (Phi) is 3.60. The molecule has 1 saturated heterocycles. The van der Waals surface area contributed by atoms with Crippen molar-refractivity contribution in [2.24, 2.45) is 5.73 Å². The van der Waals surface area contributed by atoms with Crippen LogP contribution in [0.1, 0.15) is 19.3 Å². The summed E-state index contributed by atoms with van der Waals surface area (Å²) in [5.74, 6) is 0. The minimum Gasteiger partial charge on any atom is -0.327 e. The van der Waals surface area contributed by atoms with Crippen LogP contribution >= 0.6 is 0 Å². The molecular formula is C9H18N2. The summed E-state index contributed by atoms with van der Waals surface area (Å²) in [6.45, 7) is 7.14. The van der Waals surface area contributed by atoms with E-state index in [4.69, 9.17) is 5.73 Å². The van der Waals surface area contributed by atoms with Gasteiger partial charge in [-0.2, -0.15) is 0 Å². The Bertz CT molecular complexity index is 123. The van der Waals surface area contributed by atoms with Gasteiger partial charge in [0.25, 0.3) is 0 Å². The van der Waals surface area contributed by atoms with Gasteiger partial charge in [0, 0.05) is 19.1 Å². The molecule has 1 atom stereocenters. The molecule has 0 aromatic rings. The van der Waals surface area contributed by atoms with Gasteiger partial charge in [-0.05, 0) is 25.8 Å². The maximum Gasteiger partial charge on any atom is 0.0168 e. The highest BCUT2D eigenvalue weighted by Crippen LogP contribution is 2.07. The average molecular weight is 154 g/mol. The van der Waals surface area contributed by atoms with Crippen LogP contribution in [0.25, 0.3) is 0 Å². The van der Waals surface area contributed by atoms with Crippen LogP contribution in [-0.2, 0) is 0 Å². The van der Waals surface area contributed by atoms with E-state index in [0.717, 1.165) is 19.5 Å². The molecule has 0 spiro atoms. The first kappa shape index (κ1) is 8.75. The second-order valence-electron chi connectivity index (χ2n) is 3.28. The minimum absolute atomic E-state index is 0.411. The zero-order valence-corrected chi connectivity index (χ0v) is 7.13. The third kappa shape index (κ3) is 3.04. The predicted octanol–water partition coefficient (Wildman–Crippen LogP) is 0.986. The van der Waals surface area contributed by atoms with E-state index in [1.54, 1.807) is 0 Å². The number of nitrogens with two attached hydrogens (primary N) is 1. The fourth-order valence-corrected chi connectivity index (χ4v) is 1.57. The molecule has 2 nitrogen and oxygen atoms in total. The van der Waals surface area contributed by atoms with E-state index < -0.39 is 0 Å². The van der Waals surface area contributed by atoms with Crippen molar-refractivity contribution in [2.45, 2.75) is 25.3 Å². The van der Waals surface area contributed by atoms with E-state index in [1.807, 2.05) is 6.08 Å². The predicted molar refractivity (Wildman–Crippen MR) is 48.5 cm³/mol. The summed E-state index contributed by atoms with van der Waals surface area (Å²) in [5.41, 5.74) is 5.83. The van der Waals surface area contributed by atoms with Crippen molar-refractivity contribution < 1.29 is 0 Å². The zero-order valence-electron chi connectivity index (χ0n) is 7.13. The Morgan fingerprint density at radius 3 is 3.09 bits per heavy atom. The molecule has 1 unspecified atom stereocenters. The second-order valence-corrected chi connectivity index (χ2v) is 3.28. The number of hydrogen-bond acceptors (Lipinski definition) is 2. The highest BCUT2D eigenvalue weighted by molar-refractivity contribution is 4.77. The third-order valence-electron chi connectivity index (χ3n) is 2.19. The van der Waals surface area contributed by atoms with E-state index in [9.17, 15) is 0 Å². The van der Waals surface area contributed by atoms with Crippen LogP contribution in [0.5, 0.6) is 0 Å². The van der Waals surface area contributed by atoms with Crippen LogP contribution in [0.3, 0.4) is 0 Å². The molecule has 64 valence electrons. The maximum absolute atomic E-state index is 5.83. The lowest BCUT2D eigenvalue weighted by Gasteiger charge is -2.30. The van der Waals surface area contributed by atoms with E-state index in [2.05, 4.69) is 11.5 Å². The van der Waals surface area contributed by atoms with Crippen molar-refractivity contribution in [3.8, 4) is 0 Å². The fourth-order valence-electron chi connectivity index (χ4n) is 1.57. The third-order valence-corrected chi connectivity index (χ3v) is 2.19. The quantitative estimate of drug-likeness (QED) is 0.614. The highest BCUT2D eigenvalue weighted by atomic mass is 15.1. The van der Waals surface area contributed by atoms with Crippen LogP contribution in [0.2, 0.25) is 0 Å². The summed E-state index contributed by atoms with van der Waals surface area (Å²) in [7, 11) is 0. The topological polar surface area (TPSA) is 29.3 Å². The molecule has 2 N–H and O–H groups in total. The van der Waals surface area contributed by atoms with E-state index in [0.29, 0.717) is 6.04 Å². The molecule has 0 radical (unpaired) electrons. The van der Waals surface area contributed by atoms with E-state index in [-0.39, 0.29) is 0 Å². The molecule has 0 aliphatic carbocycles. The number of piperidine rings is 1. The van der Waals surface area contributed by atoms with Gasteiger partial charge in [-0.3, -0.25) is 0 Å². The molecular weight excluding hydrogens is 136 g/mol. The Balaban J connectivity index is 2.17. The van der Waals surface area contributed by atoms with Gasteiger partial charge >= 0.3 is 0 Å². The Morgan fingerprint density at radius 1 is 1.64 bits per heavy atom. The number of rotatable bonds is 3. The molecule has 1 aliphatic heterocycles. The second kappa shape index (κ2) is 4.52. The highest BCUT2D eigenvalue weighted by Gasteiger charge is 2.14. The molecule has 11 heavy (non-hydrogen) atoms. The average Bonchev–Trinajstić information content (AvgIpc) is 2.01. The molecule has 0 bridgehead atoms. The largest absolute Gasteiger partial charge is 0.327 e. The van der Waals surface area contributed by atoms with Crippen molar-refractivity contribution in [2.75, 3.05) is 19.6 Å². The van der Waals surface area contributed by atoms with E-state index in [1.165, 1.54) is 19.4 Å². The van der Waals surface area contributed by atoms with Crippen LogP contribution in [-0.4, -0.2) is 30.6 Å². The normalized spacial score (nSPS) is 26.8. The molecule has 1 fully saturated rings. The molecule has 1 aliphatic rings. The summed E-state index contributed by atoms with van der Waals surface area (Å²) in [5, 5.41) is 0. The van der Waals surface area contributed by atoms with Crippen LogP contribution in [0.4, 0.5) is 0 Å². The standard InChI is InChI=1S/C9H18N2/c1-2-3-6-11-7-4-5-9(10)8-11/h2,9H,1,3-8,10H2. The summed E-state index contributed by atoms with van der Waals surface area (Å²) in [4.78, 5) is 2.43. The minimum atomic E-state index is 0.411. The van der Waals surface area contributed by atoms with Gasteiger partial charge in [0.2, 0.25) is 0 Å². The monoisotopic (exact) mass is 154 g/mol. The molecule has 0 aromatic heterocycles. The Hall–Kier alpha value is -0.340. The Labute approximate surface area is 69.1 Å². The van der Waals surface area contributed by atoms with Crippen molar-refractivity contribution in [3.63, 3.8) is 0 Å². The lowest BCUT2D eigenvalue weighted by atomic mass is 10.1. The van der Waals surface area contributed by atoms with Crippen LogP contribution in [0, 0.1) is 0 Å². The summed E-state index contributed by atoms with van der Waals surface area (Å²) >= 11 is 0. The van der Waals surface area contributed by atoms with Crippen molar-refractivity contribution in [1.29, 1.82) is 0 Å². The fraction of sp³-hybridized carbons (Fsp3) is 0.778. The van der Waals surface area contributed by atoms with Crippen molar-refractivity contribution in [1.82, 2.24) is 4.90 Å². The van der Waals surface area contributed by atoms with Gasteiger partial charge in [0.15, 0.2) is 0 Å². The molecule has 1 heterocycles. The SMILES string of the molecule is C=CCCN1CCCC(N)C1. The van der Waals surface area contributed by atoms with Gasteiger partial charge in [-0.25, -0.2) is 0 Å². The van der Waals surface area contributed by atoms with Gasteiger partial charge in [-0.1, -0.05) is 6.08 Å². The summed E-state index contributed by atoms with van der Waals surface area (Å²) < 4.78 is 0. The molecule has 0 saturated carbocycles. The summed E-state index contributed by atoms with van der Waals surface area (Å²) in [6.07, 6.45) is 5.52. The first-order valence-electron chi connectivity index (χ1n) is 4.42. The molecule has 2 heteroatoms. The number of likely N-dealkylation sites (tertiary alicyclic amines) is 1. The lowest BCUT2D eigenvalue weighted by Crippen LogP contribution is -2.42. The van der Waals surface area contributed by atoms with Crippen molar-refractivity contribution >= 4 is 0 Å².